The second-order valence-electron chi connectivity index (χ2n) is 5.46. The van der Waals surface area contributed by atoms with Gasteiger partial charge in [0.1, 0.15) is 5.66 Å². The van der Waals surface area contributed by atoms with Crippen LogP contribution in [0.3, 0.4) is 0 Å². The lowest BCUT2D eigenvalue weighted by molar-refractivity contribution is -0.154. The van der Waals surface area contributed by atoms with Crippen LogP contribution in [0.2, 0.25) is 0 Å². The Morgan fingerprint density at radius 3 is 2.61 bits per heavy atom. The van der Waals surface area contributed by atoms with Crippen LogP contribution in [0, 0.1) is 5.92 Å². The van der Waals surface area contributed by atoms with E-state index in [9.17, 15) is 9.59 Å². The number of hydrogen-bond donors (Lipinski definition) is 0. The van der Waals surface area contributed by atoms with Crippen molar-refractivity contribution in [1.29, 1.82) is 0 Å². The molecule has 3 unspecified atom stereocenters. The number of halogens is 2. The van der Waals surface area contributed by atoms with Crippen molar-refractivity contribution in [2.75, 3.05) is 6.54 Å². The Hall–Kier alpha value is -0.480. The fourth-order valence-electron chi connectivity index (χ4n) is 3.17. The minimum absolute atomic E-state index is 0.0307. The summed E-state index contributed by atoms with van der Waals surface area (Å²) in [6, 6.07) is -0.0447. The molecule has 2 aliphatic heterocycles. The number of nitrogens with zero attached hydrogens (tertiary/aromatic N) is 2. The summed E-state index contributed by atoms with van der Waals surface area (Å²) >= 11 is 11.4. The fraction of sp³-hybridized carbons (Fsp3) is 0.833. The van der Waals surface area contributed by atoms with Crippen LogP contribution in [-0.2, 0) is 9.59 Å². The monoisotopic (exact) mass is 292 g/mol. The first kappa shape index (κ1) is 13.9. The molecule has 102 valence electrons. The Morgan fingerprint density at radius 2 is 2.06 bits per heavy atom. The molecule has 18 heavy (non-hydrogen) atoms. The van der Waals surface area contributed by atoms with Gasteiger partial charge in [-0.3, -0.25) is 9.59 Å². The van der Waals surface area contributed by atoms with Crippen molar-refractivity contribution in [1.82, 2.24) is 9.80 Å². The standard InChI is InChI=1S/C12H18Cl2N2O2/c1-7-4-5-12(3)15(10(7)17)6-8(2)16(12)11(18)9(13)14/h7-9H,4-6H2,1-3H3. The molecule has 0 saturated carbocycles. The van der Waals surface area contributed by atoms with Gasteiger partial charge in [-0.2, -0.15) is 0 Å². The van der Waals surface area contributed by atoms with Crippen LogP contribution in [0.4, 0.5) is 0 Å². The van der Waals surface area contributed by atoms with Gasteiger partial charge in [0.05, 0.1) is 0 Å². The highest BCUT2D eigenvalue weighted by molar-refractivity contribution is 6.53. The number of hydrogen-bond acceptors (Lipinski definition) is 2. The van der Waals surface area contributed by atoms with Gasteiger partial charge < -0.3 is 9.80 Å². The summed E-state index contributed by atoms with van der Waals surface area (Å²) in [6.45, 7) is 6.35. The predicted octanol–water partition coefficient (Wildman–Crippen LogP) is 2.00. The second kappa shape index (κ2) is 4.57. The summed E-state index contributed by atoms with van der Waals surface area (Å²) in [7, 11) is 0. The molecule has 6 heteroatoms. The summed E-state index contributed by atoms with van der Waals surface area (Å²) in [5.74, 6) is -0.159. The van der Waals surface area contributed by atoms with Crippen molar-refractivity contribution < 1.29 is 9.59 Å². The van der Waals surface area contributed by atoms with E-state index in [4.69, 9.17) is 23.2 Å². The maximum absolute atomic E-state index is 12.2. The molecule has 2 amide bonds. The number of amides is 2. The minimum atomic E-state index is -1.07. The summed E-state index contributed by atoms with van der Waals surface area (Å²) in [5.41, 5.74) is -0.567. The molecule has 0 aromatic heterocycles. The molecule has 0 spiro atoms. The number of fused-ring (bicyclic) bond motifs is 1. The molecule has 0 aromatic rings. The molecule has 2 fully saturated rings. The number of rotatable bonds is 1. The van der Waals surface area contributed by atoms with Crippen molar-refractivity contribution in [3.63, 3.8) is 0 Å². The average Bonchev–Trinajstić information content (AvgIpc) is 2.56. The fourth-order valence-corrected chi connectivity index (χ4v) is 3.38. The van der Waals surface area contributed by atoms with E-state index in [0.29, 0.717) is 6.54 Å². The second-order valence-corrected chi connectivity index (χ2v) is 6.56. The van der Waals surface area contributed by atoms with Gasteiger partial charge in [-0.15, -0.1) is 0 Å². The molecule has 2 saturated heterocycles. The zero-order chi connectivity index (χ0) is 13.7. The molecule has 0 bridgehead atoms. The van der Waals surface area contributed by atoms with E-state index in [1.165, 1.54) is 0 Å². The van der Waals surface area contributed by atoms with Gasteiger partial charge in [-0.1, -0.05) is 30.1 Å². The topological polar surface area (TPSA) is 40.6 Å². The van der Waals surface area contributed by atoms with Crippen LogP contribution < -0.4 is 0 Å². The Morgan fingerprint density at radius 1 is 1.44 bits per heavy atom. The number of piperidine rings is 1. The molecule has 0 aliphatic carbocycles. The summed E-state index contributed by atoms with van der Waals surface area (Å²) in [5, 5.41) is 0. The van der Waals surface area contributed by atoms with E-state index >= 15 is 0 Å². The van der Waals surface area contributed by atoms with Crippen LogP contribution in [0.1, 0.15) is 33.6 Å². The highest BCUT2D eigenvalue weighted by atomic mass is 35.5. The van der Waals surface area contributed by atoms with E-state index in [0.717, 1.165) is 12.8 Å². The smallest absolute Gasteiger partial charge is 0.258 e. The van der Waals surface area contributed by atoms with Crippen molar-refractivity contribution in [2.24, 2.45) is 5.92 Å². The lowest BCUT2D eigenvalue weighted by atomic mass is 9.90. The van der Waals surface area contributed by atoms with Crippen molar-refractivity contribution >= 4 is 35.0 Å². The molecule has 0 aromatic carbocycles. The van der Waals surface area contributed by atoms with Crippen LogP contribution in [0.15, 0.2) is 0 Å². The molecular weight excluding hydrogens is 275 g/mol. The summed E-state index contributed by atoms with van der Waals surface area (Å²) in [6.07, 6.45) is 1.56. The Kier molecular flexibility index (Phi) is 3.54. The van der Waals surface area contributed by atoms with E-state index < -0.39 is 10.5 Å². The van der Waals surface area contributed by atoms with Crippen molar-refractivity contribution in [3.05, 3.63) is 0 Å². The molecule has 2 aliphatic rings. The average molecular weight is 293 g/mol. The van der Waals surface area contributed by atoms with Crippen LogP contribution in [-0.4, -0.2) is 44.7 Å². The Balaban J connectivity index is 2.34. The van der Waals surface area contributed by atoms with Crippen LogP contribution >= 0.6 is 23.2 Å². The quantitative estimate of drug-likeness (QED) is 0.694. The van der Waals surface area contributed by atoms with E-state index in [2.05, 4.69) is 0 Å². The Labute approximate surface area is 117 Å². The van der Waals surface area contributed by atoms with Gasteiger partial charge in [0, 0.05) is 18.5 Å². The maximum Gasteiger partial charge on any atom is 0.258 e. The van der Waals surface area contributed by atoms with E-state index in [1.807, 2.05) is 20.8 Å². The third-order valence-corrected chi connectivity index (χ3v) is 4.52. The number of carbonyl (C=O) groups excluding carboxylic acids is 2. The zero-order valence-corrected chi connectivity index (χ0v) is 12.3. The van der Waals surface area contributed by atoms with Gasteiger partial charge in [-0.05, 0) is 26.7 Å². The lowest BCUT2D eigenvalue weighted by Crippen LogP contribution is -2.60. The van der Waals surface area contributed by atoms with Gasteiger partial charge in [-0.25, -0.2) is 0 Å². The van der Waals surface area contributed by atoms with E-state index in [1.54, 1.807) is 9.80 Å². The first-order valence-electron chi connectivity index (χ1n) is 6.22. The zero-order valence-electron chi connectivity index (χ0n) is 10.8. The van der Waals surface area contributed by atoms with Gasteiger partial charge in [0.25, 0.3) is 5.91 Å². The number of alkyl halides is 2. The first-order valence-corrected chi connectivity index (χ1v) is 7.09. The molecule has 3 atom stereocenters. The van der Waals surface area contributed by atoms with Crippen LogP contribution in [0.25, 0.3) is 0 Å². The summed E-state index contributed by atoms with van der Waals surface area (Å²) in [4.78, 5) is 26.8. The molecule has 4 nitrogen and oxygen atoms in total. The molecule has 0 N–H and O–H groups in total. The maximum atomic E-state index is 12.2. The third-order valence-electron chi connectivity index (χ3n) is 4.15. The normalized spacial score (nSPS) is 36.2. The van der Waals surface area contributed by atoms with Crippen molar-refractivity contribution in [3.8, 4) is 0 Å². The highest BCUT2D eigenvalue weighted by Gasteiger charge is 2.54. The van der Waals surface area contributed by atoms with Crippen molar-refractivity contribution in [2.45, 2.75) is 50.2 Å². The number of carbonyl (C=O) groups is 2. The summed E-state index contributed by atoms with van der Waals surface area (Å²) < 4.78 is 0. The van der Waals surface area contributed by atoms with E-state index in [-0.39, 0.29) is 23.8 Å². The highest BCUT2D eigenvalue weighted by Crippen LogP contribution is 2.41. The third kappa shape index (κ3) is 1.90. The first-order chi connectivity index (χ1) is 8.29. The molecular formula is C12H18Cl2N2O2. The van der Waals surface area contributed by atoms with Gasteiger partial charge >= 0.3 is 0 Å². The molecule has 2 heterocycles. The SMILES string of the molecule is CC1CCC2(C)N(CC(C)N2C(=O)C(Cl)Cl)C1=O. The molecule has 2 rings (SSSR count). The lowest BCUT2D eigenvalue weighted by Gasteiger charge is -2.46. The van der Waals surface area contributed by atoms with Gasteiger partial charge in [0.2, 0.25) is 5.91 Å². The largest absolute Gasteiger partial charge is 0.317 e. The Bertz CT molecular complexity index is 388. The van der Waals surface area contributed by atoms with Gasteiger partial charge in [0.15, 0.2) is 4.84 Å². The van der Waals surface area contributed by atoms with Crippen LogP contribution in [0.5, 0.6) is 0 Å². The molecule has 0 radical (unpaired) electrons. The minimum Gasteiger partial charge on any atom is -0.317 e. The predicted molar refractivity (Wildman–Crippen MR) is 70.3 cm³/mol.